The summed E-state index contributed by atoms with van der Waals surface area (Å²) in [6.45, 7) is 6.55. The quantitative estimate of drug-likeness (QED) is 0.645. The number of hydrogen-bond acceptors (Lipinski definition) is 1. The molecule has 0 aromatic heterocycles. The molecule has 0 aromatic rings. The first-order chi connectivity index (χ1) is 6.27. The highest BCUT2D eigenvalue weighted by atomic mass is 32.2. The van der Waals surface area contributed by atoms with Gasteiger partial charge in [-0.15, -0.1) is 11.8 Å². The zero-order valence-corrected chi connectivity index (χ0v) is 9.53. The second-order valence-electron chi connectivity index (χ2n) is 3.33. The van der Waals surface area contributed by atoms with E-state index in [0.717, 1.165) is 11.7 Å². The van der Waals surface area contributed by atoms with Gasteiger partial charge in [-0.25, -0.2) is 0 Å². The van der Waals surface area contributed by atoms with Crippen molar-refractivity contribution in [3.63, 3.8) is 0 Å². The van der Waals surface area contributed by atoms with Crippen molar-refractivity contribution < 1.29 is 0 Å². The topological polar surface area (TPSA) is 0 Å². The van der Waals surface area contributed by atoms with Crippen LogP contribution in [0.15, 0.2) is 34.8 Å². The van der Waals surface area contributed by atoms with E-state index in [1.807, 2.05) is 11.8 Å². The van der Waals surface area contributed by atoms with Gasteiger partial charge >= 0.3 is 0 Å². The normalized spacial score (nSPS) is 24.1. The molecule has 0 nitrogen and oxygen atoms in total. The molecular formula is C12H18S. The molecule has 0 N–H and O–H groups in total. The molecule has 1 heterocycles. The second-order valence-corrected chi connectivity index (χ2v) is 4.81. The molecule has 1 heteroatoms. The molecule has 0 radical (unpaired) electrons. The van der Waals surface area contributed by atoms with Gasteiger partial charge in [-0.2, -0.15) is 0 Å². The van der Waals surface area contributed by atoms with Crippen molar-refractivity contribution in [1.82, 2.24) is 0 Å². The molecule has 13 heavy (non-hydrogen) atoms. The predicted octanol–water partition coefficient (Wildman–Crippen LogP) is 4.31. The van der Waals surface area contributed by atoms with E-state index in [4.69, 9.17) is 0 Å². The first-order valence-corrected chi connectivity index (χ1v) is 5.85. The summed E-state index contributed by atoms with van der Waals surface area (Å²) in [6.07, 6.45) is 11.2. The third kappa shape index (κ3) is 3.07. The third-order valence-corrected chi connectivity index (χ3v) is 3.25. The molecule has 1 unspecified atom stereocenters. The van der Waals surface area contributed by atoms with Crippen molar-refractivity contribution in [2.24, 2.45) is 0 Å². The minimum Gasteiger partial charge on any atom is -0.122 e. The monoisotopic (exact) mass is 194 g/mol. The fourth-order valence-corrected chi connectivity index (χ4v) is 2.64. The molecule has 1 rings (SSSR count). The van der Waals surface area contributed by atoms with Crippen molar-refractivity contribution >= 4 is 11.8 Å². The van der Waals surface area contributed by atoms with Crippen LogP contribution in [0.3, 0.4) is 0 Å². The maximum atomic E-state index is 2.29. The molecule has 0 aromatic carbocycles. The Bertz CT molecular complexity index is 246. The summed E-state index contributed by atoms with van der Waals surface area (Å²) in [5.74, 6) is 0. The Kier molecular flexibility index (Phi) is 4.37. The van der Waals surface area contributed by atoms with Gasteiger partial charge in [-0.05, 0) is 25.3 Å². The Labute approximate surface area is 85.8 Å². The largest absolute Gasteiger partial charge is 0.122 e. The van der Waals surface area contributed by atoms with Crippen molar-refractivity contribution in [3.05, 3.63) is 34.8 Å². The number of thioether (sulfide) groups is 1. The SMILES string of the molecule is C/C=C\C1=C(/C=C\CC)SC(C)C1. The Morgan fingerprint density at radius 3 is 2.85 bits per heavy atom. The summed E-state index contributed by atoms with van der Waals surface area (Å²) in [5.41, 5.74) is 1.50. The van der Waals surface area contributed by atoms with Crippen molar-refractivity contribution in [3.8, 4) is 0 Å². The lowest BCUT2D eigenvalue weighted by atomic mass is 10.1. The van der Waals surface area contributed by atoms with E-state index in [1.54, 1.807) is 0 Å². The summed E-state index contributed by atoms with van der Waals surface area (Å²) < 4.78 is 0. The molecule has 1 aliphatic rings. The van der Waals surface area contributed by atoms with E-state index in [1.165, 1.54) is 16.9 Å². The van der Waals surface area contributed by atoms with Gasteiger partial charge in [0.1, 0.15) is 0 Å². The summed E-state index contributed by atoms with van der Waals surface area (Å²) >= 11 is 2.00. The van der Waals surface area contributed by atoms with Gasteiger partial charge in [0, 0.05) is 10.2 Å². The molecule has 0 aliphatic carbocycles. The third-order valence-electron chi connectivity index (χ3n) is 2.02. The highest BCUT2D eigenvalue weighted by Crippen LogP contribution is 2.38. The van der Waals surface area contributed by atoms with E-state index in [9.17, 15) is 0 Å². The van der Waals surface area contributed by atoms with Gasteiger partial charge in [-0.1, -0.05) is 38.2 Å². The van der Waals surface area contributed by atoms with Crippen molar-refractivity contribution in [2.75, 3.05) is 0 Å². The summed E-state index contributed by atoms with van der Waals surface area (Å²) in [6, 6.07) is 0. The van der Waals surface area contributed by atoms with Crippen molar-refractivity contribution in [2.45, 2.75) is 38.9 Å². The van der Waals surface area contributed by atoms with Gasteiger partial charge in [0.05, 0.1) is 0 Å². The van der Waals surface area contributed by atoms with Crippen LogP contribution in [-0.4, -0.2) is 5.25 Å². The van der Waals surface area contributed by atoms with E-state index in [2.05, 4.69) is 45.1 Å². The minimum absolute atomic E-state index is 0.753. The lowest BCUT2D eigenvalue weighted by Gasteiger charge is -1.96. The Morgan fingerprint density at radius 1 is 1.46 bits per heavy atom. The molecule has 0 bridgehead atoms. The van der Waals surface area contributed by atoms with Crippen LogP contribution in [-0.2, 0) is 0 Å². The summed E-state index contributed by atoms with van der Waals surface area (Å²) in [7, 11) is 0. The Balaban J connectivity index is 2.75. The molecule has 0 fully saturated rings. The van der Waals surface area contributed by atoms with E-state index >= 15 is 0 Å². The van der Waals surface area contributed by atoms with Crippen LogP contribution in [0.4, 0.5) is 0 Å². The molecular weight excluding hydrogens is 176 g/mol. The maximum absolute atomic E-state index is 2.29. The van der Waals surface area contributed by atoms with Gasteiger partial charge < -0.3 is 0 Å². The lowest BCUT2D eigenvalue weighted by Crippen LogP contribution is -1.86. The number of allylic oxidation sites excluding steroid dienone is 5. The van der Waals surface area contributed by atoms with Crippen LogP contribution in [0.5, 0.6) is 0 Å². The van der Waals surface area contributed by atoms with Crippen LogP contribution < -0.4 is 0 Å². The van der Waals surface area contributed by atoms with E-state index in [0.29, 0.717) is 0 Å². The molecule has 0 saturated carbocycles. The van der Waals surface area contributed by atoms with Crippen LogP contribution in [0.25, 0.3) is 0 Å². The van der Waals surface area contributed by atoms with Gasteiger partial charge in [0.2, 0.25) is 0 Å². The van der Waals surface area contributed by atoms with E-state index in [-0.39, 0.29) is 0 Å². The van der Waals surface area contributed by atoms with Crippen molar-refractivity contribution in [1.29, 1.82) is 0 Å². The van der Waals surface area contributed by atoms with Crippen LogP contribution in [0.1, 0.15) is 33.6 Å². The first-order valence-electron chi connectivity index (χ1n) is 4.97. The minimum atomic E-state index is 0.753. The molecule has 0 amide bonds. The first kappa shape index (κ1) is 10.6. The average molecular weight is 194 g/mol. The number of hydrogen-bond donors (Lipinski definition) is 0. The maximum Gasteiger partial charge on any atom is 0.0107 e. The van der Waals surface area contributed by atoms with Gasteiger partial charge in [-0.3, -0.25) is 0 Å². The smallest absolute Gasteiger partial charge is 0.0107 e. The summed E-state index contributed by atoms with van der Waals surface area (Å²) in [4.78, 5) is 1.47. The highest BCUT2D eigenvalue weighted by Gasteiger charge is 2.17. The van der Waals surface area contributed by atoms with E-state index < -0.39 is 0 Å². The average Bonchev–Trinajstić information content (AvgIpc) is 2.44. The molecule has 0 saturated heterocycles. The van der Waals surface area contributed by atoms with Crippen LogP contribution >= 0.6 is 11.8 Å². The van der Waals surface area contributed by atoms with Gasteiger partial charge in [0.15, 0.2) is 0 Å². The molecule has 72 valence electrons. The Morgan fingerprint density at radius 2 is 2.23 bits per heavy atom. The standard InChI is InChI=1S/C12H18S/c1-4-6-8-12-11(7-5-2)9-10(3)13-12/h5-8,10H,4,9H2,1-3H3/b7-5-,8-6-. The Hall–Kier alpha value is -0.430. The fourth-order valence-electron chi connectivity index (χ4n) is 1.47. The van der Waals surface area contributed by atoms with Crippen LogP contribution in [0, 0.1) is 0 Å². The molecule has 0 spiro atoms. The molecule has 1 aliphatic heterocycles. The number of rotatable bonds is 3. The lowest BCUT2D eigenvalue weighted by molar-refractivity contribution is 0.969. The highest BCUT2D eigenvalue weighted by molar-refractivity contribution is 8.04. The second kappa shape index (κ2) is 5.33. The predicted molar refractivity (Wildman–Crippen MR) is 62.9 cm³/mol. The van der Waals surface area contributed by atoms with Gasteiger partial charge in [0.25, 0.3) is 0 Å². The molecule has 1 atom stereocenters. The summed E-state index contributed by atoms with van der Waals surface area (Å²) in [5, 5.41) is 0.753. The van der Waals surface area contributed by atoms with Crippen LogP contribution in [0.2, 0.25) is 0 Å². The zero-order chi connectivity index (χ0) is 9.68. The zero-order valence-electron chi connectivity index (χ0n) is 8.71. The fraction of sp³-hybridized carbons (Fsp3) is 0.500.